The molecule has 3 nitrogen and oxygen atoms in total. The van der Waals surface area contributed by atoms with Crippen LogP contribution < -0.4 is 5.32 Å². The smallest absolute Gasteiger partial charge is 0.318 e. The predicted molar refractivity (Wildman–Crippen MR) is 71.4 cm³/mol. The molecule has 1 aliphatic rings. The highest BCUT2D eigenvalue weighted by Gasteiger charge is 2.43. The lowest BCUT2D eigenvalue weighted by molar-refractivity contribution is -0.153. The number of amides is 1. The van der Waals surface area contributed by atoms with E-state index in [-0.39, 0.29) is 5.91 Å². The molecule has 0 aliphatic carbocycles. The van der Waals surface area contributed by atoms with Crippen LogP contribution in [0.1, 0.15) is 36.2 Å². The third-order valence-corrected chi connectivity index (χ3v) is 4.40. The van der Waals surface area contributed by atoms with Crippen molar-refractivity contribution in [2.45, 2.75) is 51.6 Å². The second kappa shape index (κ2) is 5.37. The first-order valence-corrected chi connectivity index (χ1v) is 7.22. The lowest BCUT2D eigenvalue weighted by Crippen LogP contribution is -2.40. The lowest BCUT2D eigenvalue weighted by Gasteiger charge is -2.30. The van der Waals surface area contributed by atoms with E-state index in [1.807, 2.05) is 19.1 Å². The Kier molecular flexibility index (Phi) is 4.11. The number of carbonyl (C=O) groups excluding carboxylic acids is 1. The Bertz CT molecular complexity index is 500. The standard InChI is InChI=1S/C13H17F3N2OS/c1-7(6-13(14,15)16)18-11(17-9(3)12(18)19)10-5-4-8(2)20-10/h4-5,7,9,11,17H,6H2,1-3H3. The van der Waals surface area contributed by atoms with Crippen LogP contribution in [0.2, 0.25) is 0 Å². The number of carbonyl (C=O) groups is 1. The van der Waals surface area contributed by atoms with E-state index in [4.69, 9.17) is 0 Å². The molecular formula is C13H17F3N2OS. The zero-order chi connectivity index (χ0) is 15.1. The van der Waals surface area contributed by atoms with Crippen LogP contribution in [0.5, 0.6) is 0 Å². The minimum absolute atomic E-state index is 0.280. The molecule has 0 bridgehead atoms. The van der Waals surface area contributed by atoms with Crippen molar-refractivity contribution in [3.05, 3.63) is 21.9 Å². The van der Waals surface area contributed by atoms with Crippen LogP contribution in [0.3, 0.4) is 0 Å². The number of aryl methyl sites for hydroxylation is 1. The molecule has 20 heavy (non-hydrogen) atoms. The number of alkyl halides is 3. The van der Waals surface area contributed by atoms with Crippen molar-refractivity contribution in [3.8, 4) is 0 Å². The maximum absolute atomic E-state index is 12.6. The molecule has 0 saturated carbocycles. The van der Waals surface area contributed by atoms with E-state index in [0.29, 0.717) is 0 Å². The summed E-state index contributed by atoms with van der Waals surface area (Å²) in [6, 6.07) is 2.42. The van der Waals surface area contributed by atoms with E-state index >= 15 is 0 Å². The van der Waals surface area contributed by atoms with Gasteiger partial charge in [-0.1, -0.05) is 0 Å². The van der Waals surface area contributed by atoms with Gasteiger partial charge in [0, 0.05) is 15.8 Å². The average molecular weight is 306 g/mol. The van der Waals surface area contributed by atoms with Crippen molar-refractivity contribution in [2.75, 3.05) is 0 Å². The van der Waals surface area contributed by atoms with Gasteiger partial charge in [-0.05, 0) is 32.9 Å². The number of nitrogens with zero attached hydrogens (tertiary/aromatic N) is 1. The van der Waals surface area contributed by atoms with Crippen molar-refractivity contribution in [3.63, 3.8) is 0 Å². The summed E-state index contributed by atoms with van der Waals surface area (Å²) in [5.41, 5.74) is 0. The molecule has 112 valence electrons. The van der Waals surface area contributed by atoms with Gasteiger partial charge in [-0.15, -0.1) is 11.3 Å². The molecule has 1 amide bonds. The van der Waals surface area contributed by atoms with Gasteiger partial charge in [0.15, 0.2) is 0 Å². The summed E-state index contributed by atoms with van der Waals surface area (Å²) in [5, 5.41) is 3.07. The quantitative estimate of drug-likeness (QED) is 0.930. The molecule has 3 atom stereocenters. The average Bonchev–Trinajstić information content (AvgIpc) is 2.82. The van der Waals surface area contributed by atoms with Gasteiger partial charge >= 0.3 is 6.18 Å². The number of rotatable bonds is 3. The van der Waals surface area contributed by atoms with Crippen LogP contribution in [-0.2, 0) is 4.79 Å². The summed E-state index contributed by atoms with van der Waals surface area (Å²) in [7, 11) is 0. The second-order valence-electron chi connectivity index (χ2n) is 5.15. The molecule has 2 heterocycles. The van der Waals surface area contributed by atoms with E-state index in [2.05, 4.69) is 5.32 Å². The summed E-state index contributed by atoms with van der Waals surface area (Å²) >= 11 is 1.49. The SMILES string of the molecule is Cc1ccc(C2NC(C)C(=O)N2C(C)CC(F)(F)F)s1. The van der Waals surface area contributed by atoms with E-state index in [1.54, 1.807) is 6.92 Å². The first-order valence-electron chi connectivity index (χ1n) is 6.40. The maximum Gasteiger partial charge on any atom is 0.391 e. The van der Waals surface area contributed by atoms with E-state index in [9.17, 15) is 18.0 Å². The summed E-state index contributed by atoms with van der Waals surface area (Å²) in [6.07, 6.45) is -5.73. The first-order chi connectivity index (χ1) is 9.19. The Morgan fingerprint density at radius 1 is 1.45 bits per heavy atom. The fourth-order valence-corrected chi connectivity index (χ4v) is 3.40. The number of hydrogen-bond acceptors (Lipinski definition) is 3. The molecule has 1 aliphatic heterocycles. The van der Waals surface area contributed by atoms with Gasteiger partial charge in [0.25, 0.3) is 0 Å². The Morgan fingerprint density at radius 2 is 2.10 bits per heavy atom. The van der Waals surface area contributed by atoms with Gasteiger partial charge in [0.2, 0.25) is 5.91 Å². The van der Waals surface area contributed by atoms with Crippen molar-refractivity contribution < 1.29 is 18.0 Å². The largest absolute Gasteiger partial charge is 0.391 e. The molecule has 1 aromatic rings. The fourth-order valence-electron chi connectivity index (χ4n) is 2.46. The molecule has 1 fully saturated rings. The van der Waals surface area contributed by atoms with Gasteiger partial charge in [-0.3, -0.25) is 10.1 Å². The van der Waals surface area contributed by atoms with Crippen LogP contribution in [-0.4, -0.2) is 29.1 Å². The molecule has 1 aromatic heterocycles. The molecular weight excluding hydrogens is 289 g/mol. The summed E-state index contributed by atoms with van der Waals surface area (Å²) < 4.78 is 37.7. The zero-order valence-electron chi connectivity index (χ0n) is 11.5. The summed E-state index contributed by atoms with van der Waals surface area (Å²) in [5.74, 6) is -0.280. The minimum atomic E-state index is -4.28. The topological polar surface area (TPSA) is 32.3 Å². The Balaban J connectivity index is 2.24. The maximum atomic E-state index is 12.6. The Hall–Kier alpha value is -1.08. The minimum Gasteiger partial charge on any atom is -0.318 e. The molecule has 0 aromatic carbocycles. The third-order valence-electron chi connectivity index (χ3n) is 3.34. The Labute approximate surface area is 119 Å². The van der Waals surface area contributed by atoms with E-state index in [0.717, 1.165) is 9.75 Å². The van der Waals surface area contributed by atoms with Crippen molar-refractivity contribution >= 4 is 17.2 Å². The molecule has 0 spiro atoms. The zero-order valence-corrected chi connectivity index (χ0v) is 12.3. The predicted octanol–water partition coefficient (Wildman–Crippen LogP) is 3.22. The van der Waals surface area contributed by atoms with Crippen molar-refractivity contribution in [1.29, 1.82) is 0 Å². The molecule has 1 saturated heterocycles. The highest BCUT2D eigenvalue weighted by Crippen LogP contribution is 2.34. The number of thiophene rings is 1. The van der Waals surface area contributed by atoms with Gasteiger partial charge in [0.1, 0.15) is 6.17 Å². The Morgan fingerprint density at radius 3 is 2.60 bits per heavy atom. The number of halogens is 3. The van der Waals surface area contributed by atoms with E-state index < -0.39 is 30.8 Å². The third kappa shape index (κ3) is 3.15. The summed E-state index contributed by atoms with van der Waals surface area (Å²) in [4.78, 5) is 15.4. The van der Waals surface area contributed by atoms with E-state index in [1.165, 1.54) is 23.2 Å². The molecule has 7 heteroatoms. The van der Waals surface area contributed by atoms with Crippen LogP contribution >= 0.6 is 11.3 Å². The van der Waals surface area contributed by atoms with Crippen molar-refractivity contribution in [1.82, 2.24) is 10.2 Å². The van der Waals surface area contributed by atoms with Crippen molar-refractivity contribution in [2.24, 2.45) is 0 Å². The highest BCUT2D eigenvalue weighted by atomic mass is 32.1. The van der Waals surface area contributed by atoms with Crippen LogP contribution in [0.4, 0.5) is 13.2 Å². The molecule has 0 radical (unpaired) electrons. The van der Waals surface area contributed by atoms with Crippen LogP contribution in [0, 0.1) is 6.92 Å². The molecule has 3 unspecified atom stereocenters. The molecule has 2 rings (SSSR count). The fraction of sp³-hybridized carbons (Fsp3) is 0.615. The normalized spacial score (nSPS) is 25.3. The second-order valence-corrected chi connectivity index (χ2v) is 6.47. The van der Waals surface area contributed by atoms with Gasteiger partial charge in [-0.2, -0.15) is 13.2 Å². The lowest BCUT2D eigenvalue weighted by atomic mass is 10.1. The summed E-state index contributed by atoms with van der Waals surface area (Å²) in [6.45, 7) is 5.05. The molecule has 1 N–H and O–H groups in total. The highest BCUT2D eigenvalue weighted by molar-refractivity contribution is 7.12. The first kappa shape index (κ1) is 15.3. The van der Waals surface area contributed by atoms with Gasteiger partial charge < -0.3 is 4.90 Å². The van der Waals surface area contributed by atoms with Crippen LogP contribution in [0.15, 0.2) is 12.1 Å². The number of hydrogen-bond donors (Lipinski definition) is 1. The van der Waals surface area contributed by atoms with Gasteiger partial charge in [-0.25, -0.2) is 0 Å². The van der Waals surface area contributed by atoms with Gasteiger partial charge in [0.05, 0.1) is 12.5 Å². The van der Waals surface area contributed by atoms with Crippen LogP contribution in [0.25, 0.3) is 0 Å². The monoisotopic (exact) mass is 306 g/mol. The number of nitrogens with one attached hydrogen (secondary N) is 1.